The topological polar surface area (TPSA) is 35.5 Å². The molecule has 2 N–H and O–H groups in total. The van der Waals surface area contributed by atoms with E-state index in [1.54, 1.807) is 0 Å². The van der Waals surface area contributed by atoms with Crippen molar-refractivity contribution >= 4 is 11.8 Å². The SMILES string of the molecule is Cc1cccc2c1C=C(c1ccc(CN3CCC(O)CC3)cc1)NC2. The lowest BCUT2D eigenvalue weighted by Gasteiger charge is -2.29. The lowest BCUT2D eigenvalue weighted by Crippen LogP contribution is -2.35. The van der Waals surface area contributed by atoms with E-state index in [4.69, 9.17) is 0 Å². The van der Waals surface area contributed by atoms with Crippen LogP contribution in [-0.4, -0.2) is 29.2 Å². The molecule has 2 heterocycles. The number of piperidine rings is 1. The molecule has 0 spiro atoms. The lowest BCUT2D eigenvalue weighted by atomic mass is 9.96. The quantitative estimate of drug-likeness (QED) is 0.901. The molecular weight excluding hydrogens is 308 g/mol. The second kappa shape index (κ2) is 7.03. The number of hydrogen-bond acceptors (Lipinski definition) is 3. The summed E-state index contributed by atoms with van der Waals surface area (Å²) in [5, 5.41) is 13.2. The van der Waals surface area contributed by atoms with Crippen LogP contribution in [-0.2, 0) is 13.1 Å². The van der Waals surface area contributed by atoms with E-state index in [1.165, 1.54) is 33.5 Å². The maximum Gasteiger partial charge on any atom is 0.0564 e. The second-order valence-corrected chi connectivity index (χ2v) is 7.26. The molecule has 2 aliphatic rings. The molecule has 0 bridgehead atoms. The number of aliphatic hydroxyl groups is 1. The van der Waals surface area contributed by atoms with Gasteiger partial charge in [0.05, 0.1) is 6.10 Å². The van der Waals surface area contributed by atoms with Crippen molar-refractivity contribution in [2.75, 3.05) is 13.1 Å². The number of likely N-dealkylation sites (tertiary alicyclic amines) is 1. The number of rotatable bonds is 3. The Morgan fingerprint density at radius 1 is 1.08 bits per heavy atom. The van der Waals surface area contributed by atoms with Gasteiger partial charge in [0.15, 0.2) is 0 Å². The predicted octanol–water partition coefficient (Wildman–Crippen LogP) is 3.55. The molecule has 2 aromatic carbocycles. The molecule has 0 aromatic heterocycles. The van der Waals surface area contributed by atoms with Crippen LogP contribution in [0.25, 0.3) is 11.8 Å². The summed E-state index contributed by atoms with van der Waals surface area (Å²) in [6.07, 6.45) is 3.96. The molecule has 2 aliphatic heterocycles. The first-order chi connectivity index (χ1) is 12.2. The molecule has 0 atom stereocenters. The van der Waals surface area contributed by atoms with Crippen LogP contribution in [0.5, 0.6) is 0 Å². The molecule has 1 fully saturated rings. The van der Waals surface area contributed by atoms with Crippen molar-refractivity contribution in [3.63, 3.8) is 0 Å². The van der Waals surface area contributed by atoms with Crippen LogP contribution >= 0.6 is 0 Å². The normalized spacial score (nSPS) is 18.4. The number of nitrogens with one attached hydrogen (secondary N) is 1. The summed E-state index contributed by atoms with van der Waals surface area (Å²) in [4.78, 5) is 2.43. The van der Waals surface area contributed by atoms with Crippen molar-refractivity contribution in [3.8, 4) is 0 Å². The number of aryl methyl sites for hydroxylation is 1. The Labute approximate surface area is 150 Å². The van der Waals surface area contributed by atoms with E-state index in [0.717, 1.165) is 39.0 Å². The number of aliphatic hydroxyl groups excluding tert-OH is 1. The Morgan fingerprint density at radius 2 is 1.84 bits per heavy atom. The molecule has 0 unspecified atom stereocenters. The fourth-order valence-electron chi connectivity index (χ4n) is 3.80. The Morgan fingerprint density at radius 3 is 2.60 bits per heavy atom. The van der Waals surface area contributed by atoms with E-state index in [9.17, 15) is 5.11 Å². The zero-order valence-electron chi connectivity index (χ0n) is 14.8. The molecule has 25 heavy (non-hydrogen) atoms. The number of fused-ring (bicyclic) bond motifs is 1. The van der Waals surface area contributed by atoms with Crippen LogP contribution in [0.15, 0.2) is 42.5 Å². The van der Waals surface area contributed by atoms with E-state index in [-0.39, 0.29) is 6.10 Å². The number of benzene rings is 2. The fourth-order valence-corrected chi connectivity index (χ4v) is 3.80. The van der Waals surface area contributed by atoms with Gasteiger partial charge >= 0.3 is 0 Å². The van der Waals surface area contributed by atoms with E-state index in [0.29, 0.717) is 0 Å². The first-order valence-corrected chi connectivity index (χ1v) is 9.23. The second-order valence-electron chi connectivity index (χ2n) is 7.26. The minimum atomic E-state index is -0.103. The molecule has 0 aliphatic carbocycles. The minimum Gasteiger partial charge on any atom is -0.393 e. The first kappa shape index (κ1) is 16.4. The van der Waals surface area contributed by atoms with Crippen molar-refractivity contribution in [1.29, 1.82) is 0 Å². The third kappa shape index (κ3) is 3.63. The van der Waals surface area contributed by atoms with Crippen molar-refractivity contribution < 1.29 is 5.11 Å². The van der Waals surface area contributed by atoms with Crippen molar-refractivity contribution in [2.45, 2.75) is 39.0 Å². The molecular formula is C22H26N2O. The van der Waals surface area contributed by atoms with Gasteiger partial charge in [-0.2, -0.15) is 0 Å². The smallest absolute Gasteiger partial charge is 0.0564 e. The van der Waals surface area contributed by atoms with E-state index >= 15 is 0 Å². The highest BCUT2D eigenvalue weighted by Gasteiger charge is 2.17. The third-order valence-corrected chi connectivity index (χ3v) is 5.40. The Kier molecular flexibility index (Phi) is 4.60. The van der Waals surface area contributed by atoms with Crippen LogP contribution in [0.4, 0.5) is 0 Å². The Balaban J connectivity index is 1.48. The van der Waals surface area contributed by atoms with Crippen LogP contribution in [0.3, 0.4) is 0 Å². The lowest BCUT2D eigenvalue weighted by molar-refractivity contribution is 0.0792. The Bertz CT molecular complexity index is 771. The van der Waals surface area contributed by atoms with E-state index in [2.05, 4.69) is 65.7 Å². The van der Waals surface area contributed by atoms with Gasteiger partial charge in [-0.3, -0.25) is 4.90 Å². The highest BCUT2D eigenvalue weighted by atomic mass is 16.3. The maximum atomic E-state index is 9.62. The molecule has 3 nitrogen and oxygen atoms in total. The average Bonchev–Trinajstić information content (AvgIpc) is 2.64. The highest BCUT2D eigenvalue weighted by Crippen LogP contribution is 2.26. The molecule has 3 heteroatoms. The van der Waals surface area contributed by atoms with Gasteiger partial charge in [0.1, 0.15) is 0 Å². The van der Waals surface area contributed by atoms with Gasteiger partial charge in [0.25, 0.3) is 0 Å². The number of nitrogens with zero attached hydrogens (tertiary/aromatic N) is 1. The monoisotopic (exact) mass is 334 g/mol. The van der Waals surface area contributed by atoms with E-state index < -0.39 is 0 Å². The summed E-state index contributed by atoms with van der Waals surface area (Å²) in [5.41, 5.74) is 7.84. The molecule has 2 aromatic rings. The van der Waals surface area contributed by atoms with Gasteiger partial charge in [-0.25, -0.2) is 0 Å². The van der Waals surface area contributed by atoms with Crippen molar-refractivity contribution in [1.82, 2.24) is 10.2 Å². The Hall–Kier alpha value is -2.10. The van der Waals surface area contributed by atoms with Gasteiger partial charge in [-0.1, -0.05) is 42.5 Å². The summed E-state index contributed by atoms with van der Waals surface area (Å²) in [6, 6.07) is 15.4. The summed E-state index contributed by atoms with van der Waals surface area (Å²) in [6.45, 7) is 6.02. The molecule has 0 amide bonds. The summed E-state index contributed by atoms with van der Waals surface area (Å²) in [7, 11) is 0. The predicted molar refractivity (Wildman–Crippen MR) is 103 cm³/mol. The number of hydrogen-bond donors (Lipinski definition) is 2. The minimum absolute atomic E-state index is 0.103. The first-order valence-electron chi connectivity index (χ1n) is 9.23. The highest BCUT2D eigenvalue weighted by molar-refractivity contribution is 5.84. The fraction of sp³-hybridized carbons (Fsp3) is 0.364. The maximum absolute atomic E-state index is 9.62. The molecule has 1 saturated heterocycles. The van der Waals surface area contributed by atoms with Crippen molar-refractivity contribution in [3.05, 3.63) is 70.3 Å². The van der Waals surface area contributed by atoms with Gasteiger partial charge in [0.2, 0.25) is 0 Å². The zero-order chi connectivity index (χ0) is 17.2. The van der Waals surface area contributed by atoms with Gasteiger partial charge in [-0.15, -0.1) is 0 Å². The van der Waals surface area contributed by atoms with Crippen molar-refractivity contribution in [2.24, 2.45) is 0 Å². The van der Waals surface area contributed by atoms with Gasteiger partial charge in [-0.05, 0) is 53.7 Å². The average molecular weight is 334 g/mol. The molecule has 0 saturated carbocycles. The zero-order valence-corrected chi connectivity index (χ0v) is 14.8. The van der Waals surface area contributed by atoms with Crippen LogP contribution in [0, 0.1) is 6.92 Å². The van der Waals surface area contributed by atoms with Crippen LogP contribution in [0.2, 0.25) is 0 Å². The molecule has 0 radical (unpaired) electrons. The molecule has 130 valence electrons. The summed E-state index contributed by atoms with van der Waals surface area (Å²) in [5.74, 6) is 0. The molecule has 4 rings (SSSR count). The summed E-state index contributed by atoms with van der Waals surface area (Å²) < 4.78 is 0. The standard InChI is InChI=1S/C22H26N2O/c1-16-3-2-4-19-14-23-22(13-21(16)19)18-7-5-17(6-8-18)15-24-11-9-20(25)10-12-24/h2-8,13,20,23,25H,9-12,14-15H2,1H3. The van der Waals surface area contributed by atoms with Crippen LogP contribution in [0.1, 0.15) is 40.7 Å². The third-order valence-electron chi connectivity index (χ3n) is 5.40. The summed E-state index contributed by atoms with van der Waals surface area (Å²) >= 11 is 0. The van der Waals surface area contributed by atoms with Crippen LogP contribution < -0.4 is 5.32 Å². The van der Waals surface area contributed by atoms with Gasteiger partial charge in [0, 0.05) is 31.9 Å². The van der Waals surface area contributed by atoms with Gasteiger partial charge < -0.3 is 10.4 Å². The largest absolute Gasteiger partial charge is 0.393 e. The van der Waals surface area contributed by atoms with E-state index in [1.807, 2.05) is 0 Å².